The summed E-state index contributed by atoms with van der Waals surface area (Å²) >= 11 is 11.0. The summed E-state index contributed by atoms with van der Waals surface area (Å²) in [5.74, 6) is 0.894. The van der Waals surface area contributed by atoms with Crippen LogP contribution in [0, 0.1) is 0 Å². The van der Waals surface area contributed by atoms with Crippen LogP contribution in [0.3, 0.4) is 0 Å². The fraction of sp³-hybridized carbons (Fsp3) is 0.200. The Kier molecular flexibility index (Phi) is 3.00. The van der Waals surface area contributed by atoms with Crippen LogP contribution < -0.4 is 4.74 Å². The minimum absolute atomic E-state index is 0.686. The first-order valence-electron chi connectivity index (χ1n) is 4.22. The van der Waals surface area contributed by atoms with Gasteiger partial charge in [-0.25, -0.2) is 0 Å². The van der Waals surface area contributed by atoms with Crippen LogP contribution >= 0.6 is 38.9 Å². The summed E-state index contributed by atoms with van der Waals surface area (Å²) in [5.41, 5.74) is 0. The second-order valence-electron chi connectivity index (χ2n) is 2.78. The van der Waals surface area contributed by atoms with Crippen molar-refractivity contribution < 1.29 is 4.74 Å². The van der Waals surface area contributed by atoms with Crippen molar-refractivity contribution in [3.63, 3.8) is 0 Å². The van der Waals surface area contributed by atoms with Crippen molar-refractivity contribution in [2.45, 2.75) is 6.92 Å². The van der Waals surface area contributed by atoms with E-state index in [9.17, 15) is 0 Å². The first-order chi connectivity index (χ1) is 6.72. The van der Waals surface area contributed by atoms with Crippen LogP contribution in [0.25, 0.3) is 10.1 Å². The molecule has 74 valence electrons. The molecule has 0 N–H and O–H groups in total. The molecule has 0 atom stereocenters. The molecule has 0 aliphatic rings. The number of hydrogen-bond acceptors (Lipinski definition) is 2. The van der Waals surface area contributed by atoms with Crippen LogP contribution in [0.5, 0.6) is 5.75 Å². The zero-order valence-electron chi connectivity index (χ0n) is 7.51. The molecule has 0 aliphatic carbocycles. The predicted octanol–water partition coefficient (Wildman–Crippen LogP) is 4.72. The maximum atomic E-state index is 6.01. The van der Waals surface area contributed by atoms with Crippen molar-refractivity contribution in [1.29, 1.82) is 0 Å². The van der Waals surface area contributed by atoms with Crippen molar-refractivity contribution in [3.05, 3.63) is 27.0 Å². The monoisotopic (exact) mass is 290 g/mol. The van der Waals surface area contributed by atoms with E-state index >= 15 is 0 Å². The smallest absolute Gasteiger partial charge is 0.120 e. The van der Waals surface area contributed by atoms with Gasteiger partial charge in [-0.2, -0.15) is 0 Å². The number of hydrogen-bond donors (Lipinski definition) is 0. The van der Waals surface area contributed by atoms with E-state index in [4.69, 9.17) is 16.3 Å². The van der Waals surface area contributed by atoms with Gasteiger partial charge in [0.15, 0.2) is 0 Å². The Bertz CT molecular complexity index is 466. The number of halogens is 2. The Morgan fingerprint density at radius 1 is 1.50 bits per heavy atom. The second-order valence-corrected chi connectivity index (χ2v) is 5.23. The number of fused-ring (bicyclic) bond motifs is 1. The molecule has 0 amide bonds. The average molecular weight is 292 g/mol. The quantitative estimate of drug-likeness (QED) is 0.778. The number of ether oxygens (including phenoxy) is 1. The molecular weight excluding hydrogens is 284 g/mol. The van der Waals surface area contributed by atoms with E-state index in [1.54, 1.807) is 11.3 Å². The van der Waals surface area contributed by atoms with Crippen molar-refractivity contribution >= 4 is 49.0 Å². The highest BCUT2D eigenvalue weighted by Crippen LogP contribution is 2.40. The van der Waals surface area contributed by atoms with Crippen molar-refractivity contribution in [1.82, 2.24) is 0 Å². The van der Waals surface area contributed by atoms with E-state index in [0.717, 1.165) is 24.6 Å². The number of benzene rings is 1. The molecule has 0 saturated carbocycles. The highest BCUT2D eigenvalue weighted by molar-refractivity contribution is 9.10. The van der Waals surface area contributed by atoms with Gasteiger partial charge in [-0.15, -0.1) is 11.3 Å². The zero-order valence-corrected chi connectivity index (χ0v) is 10.7. The Morgan fingerprint density at radius 2 is 2.29 bits per heavy atom. The van der Waals surface area contributed by atoms with E-state index in [1.165, 1.54) is 0 Å². The van der Waals surface area contributed by atoms with E-state index in [-0.39, 0.29) is 0 Å². The van der Waals surface area contributed by atoms with Crippen LogP contribution in [-0.4, -0.2) is 6.61 Å². The molecular formula is C10H8BrClOS. The molecule has 14 heavy (non-hydrogen) atoms. The second kappa shape index (κ2) is 4.09. The van der Waals surface area contributed by atoms with E-state index in [0.29, 0.717) is 6.61 Å². The summed E-state index contributed by atoms with van der Waals surface area (Å²) in [7, 11) is 0. The molecule has 2 aromatic rings. The summed E-state index contributed by atoms with van der Waals surface area (Å²) in [6, 6.07) is 5.99. The maximum Gasteiger partial charge on any atom is 0.120 e. The van der Waals surface area contributed by atoms with Crippen molar-refractivity contribution in [2.75, 3.05) is 6.61 Å². The first-order valence-corrected chi connectivity index (χ1v) is 6.21. The fourth-order valence-corrected chi connectivity index (χ4v) is 3.19. The number of rotatable bonds is 2. The SMILES string of the molecule is CCOc1ccc2c(Br)c(Cl)sc2c1. The van der Waals surface area contributed by atoms with Gasteiger partial charge in [0.1, 0.15) is 10.1 Å². The van der Waals surface area contributed by atoms with Gasteiger partial charge in [0.2, 0.25) is 0 Å². The van der Waals surface area contributed by atoms with Gasteiger partial charge in [-0.1, -0.05) is 11.6 Å². The van der Waals surface area contributed by atoms with Crippen LogP contribution in [0.2, 0.25) is 4.34 Å². The maximum absolute atomic E-state index is 6.01. The van der Waals surface area contributed by atoms with Gasteiger partial charge < -0.3 is 4.74 Å². The molecule has 4 heteroatoms. The number of thiophene rings is 1. The Balaban J connectivity index is 2.56. The van der Waals surface area contributed by atoms with Gasteiger partial charge in [-0.05, 0) is 41.1 Å². The van der Waals surface area contributed by atoms with Gasteiger partial charge in [0, 0.05) is 10.1 Å². The molecule has 2 rings (SSSR count). The highest BCUT2D eigenvalue weighted by Gasteiger charge is 2.08. The molecule has 0 aliphatic heterocycles. The lowest BCUT2D eigenvalue weighted by molar-refractivity contribution is 0.341. The molecule has 0 fully saturated rings. The van der Waals surface area contributed by atoms with E-state index < -0.39 is 0 Å². The zero-order chi connectivity index (χ0) is 10.1. The molecule has 1 heterocycles. The predicted molar refractivity (Wildman–Crippen MR) is 65.7 cm³/mol. The molecule has 1 nitrogen and oxygen atoms in total. The Hall–Kier alpha value is -0.250. The molecule has 0 bridgehead atoms. The highest BCUT2D eigenvalue weighted by atomic mass is 79.9. The standard InChI is InChI=1S/C10H8BrClOS/c1-2-13-6-3-4-7-8(5-6)14-10(12)9(7)11/h3-5H,2H2,1H3. The molecule has 0 unspecified atom stereocenters. The van der Waals surface area contributed by atoms with Crippen molar-refractivity contribution in [3.8, 4) is 5.75 Å². The van der Waals surface area contributed by atoms with Gasteiger partial charge in [0.05, 0.1) is 11.1 Å². The van der Waals surface area contributed by atoms with Gasteiger partial charge >= 0.3 is 0 Å². The third-order valence-corrected chi connectivity index (χ3v) is 4.55. The summed E-state index contributed by atoms with van der Waals surface area (Å²) in [4.78, 5) is 0. The average Bonchev–Trinajstić information content (AvgIpc) is 2.43. The summed E-state index contributed by atoms with van der Waals surface area (Å²) in [5, 5.41) is 1.14. The summed E-state index contributed by atoms with van der Waals surface area (Å²) < 4.78 is 8.32. The summed E-state index contributed by atoms with van der Waals surface area (Å²) in [6.07, 6.45) is 0. The minimum atomic E-state index is 0.686. The van der Waals surface area contributed by atoms with Gasteiger partial charge in [-0.3, -0.25) is 0 Å². The van der Waals surface area contributed by atoms with Crippen LogP contribution in [0.1, 0.15) is 6.92 Å². The van der Waals surface area contributed by atoms with E-state index in [1.807, 2.05) is 25.1 Å². The molecule has 1 aromatic heterocycles. The van der Waals surface area contributed by atoms with Gasteiger partial charge in [0.25, 0.3) is 0 Å². The summed E-state index contributed by atoms with van der Waals surface area (Å²) in [6.45, 7) is 2.66. The first kappa shape index (κ1) is 10.3. The molecule has 0 spiro atoms. The molecule has 0 saturated heterocycles. The van der Waals surface area contributed by atoms with Crippen LogP contribution in [0.15, 0.2) is 22.7 Å². The normalized spacial score (nSPS) is 10.8. The Labute approximate surface area is 99.8 Å². The largest absolute Gasteiger partial charge is 0.494 e. The third kappa shape index (κ3) is 1.76. The Morgan fingerprint density at radius 3 is 3.00 bits per heavy atom. The topological polar surface area (TPSA) is 9.23 Å². The fourth-order valence-electron chi connectivity index (χ4n) is 1.27. The third-order valence-electron chi connectivity index (χ3n) is 1.87. The van der Waals surface area contributed by atoms with E-state index in [2.05, 4.69) is 15.9 Å². The van der Waals surface area contributed by atoms with Crippen molar-refractivity contribution in [2.24, 2.45) is 0 Å². The van der Waals surface area contributed by atoms with Crippen LogP contribution in [-0.2, 0) is 0 Å². The minimum Gasteiger partial charge on any atom is -0.494 e. The lowest BCUT2D eigenvalue weighted by Crippen LogP contribution is -1.89. The van der Waals surface area contributed by atoms with Crippen LogP contribution in [0.4, 0.5) is 0 Å². The lowest BCUT2D eigenvalue weighted by atomic mass is 10.2. The molecule has 0 radical (unpaired) electrons. The molecule has 1 aromatic carbocycles. The lowest BCUT2D eigenvalue weighted by Gasteiger charge is -2.01.